The molecule has 1 aliphatic heterocycles. The van der Waals surface area contributed by atoms with Crippen LogP contribution in [0.3, 0.4) is 0 Å². The molecule has 0 spiro atoms. The van der Waals surface area contributed by atoms with Crippen LogP contribution in [0.1, 0.15) is 36.4 Å². The van der Waals surface area contributed by atoms with Crippen LogP contribution >= 0.6 is 0 Å². The number of nitrogens with zero attached hydrogens (tertiary/aromatic N) is 6. The largest absolute Gasteiger partial charge is 0.339 e. The predicted molar refractivity (Wildman–Crippen MR) is 104 cm³/mol. The van der Waals surface area contributed by atoms with Gasteiger partial charge in [-0.15, -0.1) is 5.10 Å². The molecule has 3 heterocycles. The Bertz CT molecular complexity index is 1090. The monoisotopic (exact) mass is 418 g/mol. The van der Waals surface area contributed by atoms with E-state index in [0.717, 1.165) is 24.2 Å². The van der Waals surface area contributed by atoms with Crippen LogP contribution in [0, 0.1) is 5.82 Å². The Hall–Kier alpha value is -2.59. The van der Waals surface area contributed by atoms with E-state index in [0.29, 0.717) is 0 Å². The van der Waals surface area contributed by atoms with Crippen LogP contribution in [0.4, 0.5) is 4.39 Å². The normalized spacial score (nSPS) is 20.4. The zero-order chi connectivity index (χ0) is 20.6. The van der Waals surface area contributed by atoms with Crippen LogP contribution in [-0.4, -0.2) is 50.4 Å². The van der Waals surface area contributed by atoms with Gasteiger partial charge in [0.2, 0.25) is 0 Å². The number of hydrogen-bond acceptors (Lipinski definition) is 5. The molecule has 0 bridgehead atoms. The molecule has 4 rings (SSSR count). The summed E-state index contributed by atoms with van der Waals surface area (Å²) >= 11 is 0. The average Bonchev–Trinajstić information content (AvgIpc) is 3.42. The van der Waals surface area contributed by atoms with Crippen LogP contribution in [-0.2, 0) is 23.6 Å². The molecule has 29 heavy (non-hydrogen) atoms. The fourth-order valence-electron chi connectivity index (χ4n) is 3.79. The lowest BCUT2D eigenvalue weighted by Gasteiger charge is -2.16. The van der Waals surface area contributed by atoms with Crippen molar-refractivity contribution in [2.24, 2.45) is 7.05 Å². The van der Waals surface area contributed by atoms with Crippen molar-refractivity contribution in [1.29, 1.82) is 0 Å². The maximum atomic E-state index is 13.4. The van der Waals surface area contributed by atoms with Gasteiger partial charge < -0.3 is 4.57 Å². The van der Waals surface area contributed by atoms with Crippen LogP contribution in [0.15, 0.2) is 48.0 Å². The second-order valence-electron chi connectivity index (χ2n) is 7.37. The molecule has 2 atom stereocenters. The number of hydrogen-bond donors (Lipinski definition) is 0. The van der Waals surface area contributed by atoms with Crippen molar-refractivity contribution in [2.75, 3.05) is 13.1 Å². The van der Waals surface area contributed by atoms with Gasteiger partial charge in [-0.2, -0.15) is 4.31 Å². The second kappa shape index (κ2) is 7.68. The summed E-state index contributed by atoms with van der Waals surface area (Å²) in [7, 11) is -2.01. The Morgan fingerprint density at radius 1 is 1.14 bits per heavy atom. The number of halogens is 1. The summed E-state index contributed by atoms with van der Waals surface area (Å²) in [5.74, 6) is -0.652. The number of aromatic nitrogens is 5. The summed E-state index contributed by atoms with van der Waals surface area (Å²) in [6.07, 6.45) is 5.76. The van der Waals surface area contributed by atoms with E-state index in [1.54, 1.807) is 28.4 Å². The Balaban J connectivity index is 1.69. The minimum absolute atomic E-state index is 0.0214. The first-order valence-electron chi connectivity index (χ1n) is 9.52. The van der Waals surface area contributed by atoms with E-state index >= 15 is 0 Å². The summed E-state index contributed by atoms with van der Waals surface area (Å²) < 4.78 is 44.5. The fourth-order valence-corrected chi connectivity index (χ4v) is 5.25. The molecular formula is C19H23FN6O2S. The van der Waals surface area contributed by atoms with Crippen molar-refractivity contribution < 1.29 is 12.8 Å². The molecule has 1 saturated heterocycles. The minimum atomic E-state index is -3.74. The maximum absolute atomic E-state index is 13.4. The zero-order valence-electron chi connectivity index (χ0n) is 16.3. The third-order valence-corrected chi connectivity index (χ3v) is 6.98. The van der Waals surface area contributed by atoms with E-state index in [1.807, 2.05) is 6.20 Å². The molecular weight excluding hydrogens is 395 g/mol. The molecule has 1 aliphatic rings. The summed E-state index contributed by atoms with van der Waals surface area (Å²) in [5.41, 5.74) is 1.62. The van der Waals surface area contributed by atoms with Gasteiger partial charge in [0.1, 0.15) is 5.82 Å². The number of rotatable bonds is 6. The van der Waals surface area contributed by atoms with Crippen molar-refractivity contribution in [3.8, 4) is 0 Å². The van der Waals surface area contributed by atoms with Gasteiger partial charge >= 0.3 is 0 Å². The van der Waals surface area contributed by atoms with Gasteiger partial charge in [-0.3, -0.25) is 4.68 Å². The lowest BCUT2D eigenvalue weighted by atomic mass is 9.87. The van der Waals surface area contributed by atoms with Gasteiger partial charge in [0.25, 0.3) is 10.0 Å². The van der Waals surface area contributed by atoms with Crippen molar-refractivity contribution in [2.45, 2.75) is 36.8 Å². The first-order chi connectivity index (χ1) is 13.9. The lowest BCUT2D eigenvalue weighted by Crippen LogP contribution is -2.29. The van der Waals surface area contributed by atoms with E-state index < -0.39 is 10.0 Å². The molecule has 2 aromatic heterocycles. The number of aryl methyl sites for hydroxylation is 2. The Labute approximate surface area is 169 Å². The second-order valence-corrected chi connectivity index (χ2v) is 9.26. The molecule has 10 heteroatoms. The fraction of sp³-hybridized carbons (Fsp3) is 0.421. The van der Waals surface area contributed by atoms with E-state index in [1.165, 1.54) is 29.0 Å². The highest BCUT2D eigenvalue weighted by atomic mass is 32.2. The highest BCUT2D eigenvalue weighted by Gasteiger charge is 2.42. The molecule has 0 unspecified atom stereocenters. The first kappa shape index (κ1) is 19.7. The Morgan fingerprint density at radius 3 is 2.52 bits per heavy atom. The smallest absolute Gasteiger partial charge is 0.262 e. The zero-order valence-corrected chi connectivity index (χ0v) is 17.1. The number of imidazole rings is 1. The van der Waals surface area contributed by atoms with Gasteiger partial charge in [0.05, 0.1) is 12.0 Å². The van der Waals surface area contributed by atoms with E-state index in [2.05, 4.69) is 22.2 Å². The van der Waals surface area contributed by atoms with Crippen LogP contribution in [0.25, 0.3) is 0 Å². The summed E-state index contributed by atoms with van der Waals surface area (Å²) in [6, 6.07) is 6.22. The summed E-state index contributed by atoms with van der Waals surface area (Å²) in [5, 5.41) is 8.49. The van der Waals surface area contributed by atoms with E-state index in [4.69, 9.17) is 0 Å². The minimum Gasteiger partial charge on any atom is -0.339 e. The molecule has 1 aromatic carbocycles. The third-order valence-electron chi connectivity index (χ3n) is 5.26. The molecule has 1 fully saturated rings. The molecule has 0 saturated carbocycles. The molecule has 0 radical (unpaired) electrons. The number of sulfonamides is 1. The van der Waals surface area contributed by atoms with Gasteiger partial charge in [-0.05, 0) is 24.1 Å². The van der Waals surface area contributed by atoms with Gasteiger partial charge in [0, 0.05) is 50.9 Å². The van der Waals surface area contributed by atoms with E-state index in [-0.39, 0.29) is 35.8 Å². The van der Waals surface area contributed by atoms with Gasteiger partial charge in [0.15, 0.2) is 5.03 Å². The maximum Gasteiger partial charge on any atom is 0.262 e. The van der Waals surface area contributed by atoms with Gasteiger partial charge in [-0.25, -0.2) is 17.8 Å². The summed E-state index contributed by atoms with van der Waals surface area (Å²) in [6.45, 7) is 3.35. The highest BCUT2D eigenvalue weighted by Crippen LogP contribution is 2.40. The standard InChI is InChI=1S/C19H23FN6O2S/c1-3-8-25-11-18(22-23-25)17-10-26(29(27,28)19-12-24(2)13-21-19)9-16(17)14-4-6-15(20)7-5-14/h4-7,11-13,16-17H,3,8-10H2,1-2H3/t16-,17+/m0/s1. The van der Waals surface area contributed by atoms with Crippen LogP contribution < -0.4 is 0 Å². The molecule has 8 nitrogen and oxygen atoms in total. The first-order valence-corrected chi connectivity index (χ1v) is 11.0. The summed E-state index contributed by atoms with van der Waals surface area (Å²) in [4.78, 5) is 4.02. The molecule has 0 aliphatic carbocycles. The average molecular weight is 418 g/mol. The van der Waals surface area contributed by atoms with Crippen molar-refractivity contribution >= 4 is 10.0 Å². The third kappa shape index (κ3) is 3.82. The van der Waals surface area contributed by atoms with E-state index in [9.17, 15) is 12.8 Å². The molecule has 0 amide bonds. The Kier molecular flexibility index (Phi) is 5.22. The van der Waals surface area contributed by atoms with Crippen LogP contribution in [0.2, 0.25) is 0 Å². The topological polar surface area (TPSA) is 85.9 Å². The lowest BCUT2D eigenvalue weighted by molar-refractivity contribution is 0.467. The SMILES string of the molecule is CCCn1cc([C@@H]2CN(S(=O)(=O)c3cn(C)cn3)C[C@H]2c2ccc(F)cc2)nn1. The van der Waals surface area contributed by atoms with Crippen molar-refractivity contribution in [3.05, 3.63) is 60.1 Å². The predicted octanol–water partition coefficient (Wildman–Crippen LogP) is 2.13. The quantitative estimate of drug-likeness (QED) is 0.612. The Morgan fingerprint density at radius 2 is 1.86 bits per heavy atom. The van der Waals surface area contributed by atoms with Crippen LogP contribution in [0.5, 0.6) is 0 Å². The molecule has 0 N–H and O–H groups in total. The molecule has 154 valence electrons. The van der Waals surface area contributed by atoms with Crippen molar-refractivity contribution in [3.63, 3.8) is 0 Å². The van der Waals surface area contributed by atoms with Gasteiger partial charge in [-0.1, -0.05) is 24.3 Å². The number of benzene rings is 1. The van der Waals surface area contributed by atoms with Crippen molar-refractivity contribution in [1.82, 2.24) is 28.9 Å². The highest BCUT2D eigenvalue weighted by molar-refractivity contribution is 7.89. The molecule has 3 aromatic rings.